The number of amides is 1. The molecule has 0 spiro atoms. The van der Waals surface area contributed by atoms with E-state index in [0.717, 1.165) is 11.3 Å². The lowest BCUT2D eigenvalue weighted by Crippen LogP contribution is -2.42. The van der Waals surface area contributed by atoms with Gasteiger partial charge in [0.1, 0.15) is 16.5 Å². The second-order valence-corrected chi connectivity index (χ2v) is 5.71. The van der Waals surface area contributed by atoms with Gasteiger partial charge in [0.05, 0.1) is 25.8 Å². The molecule has 3 rings (SSSR count). The average molecular weight is 330 g/mol. The van der Waals surface area contributed by atoms with Crippen molar-refractivity contribution < 1.29 is 14.3 Å². The van der Waals surface area contributed by atoms with Crippen LogP contribution in [0.25, 0.3) is 0 Å². The summed E-state index contributed by atoms with van der Waals surface area (Å²) in [6, 6.07) is 11.3. The number of carbonyl (C=O) groups is 1. The molecule has 23 heavy (non-hydrogen) atoms. The number of carbonyl (C=O) groups excluding carboxylic acids is 1. The highest BCUT2D eigenvalue weighted by Gasteiger charge is 2.26. The number of H-pyrrole nitrogens is 1. The lowest BCUT2D eigenvalue weighted by atomic mass is 10.1. The minimum Gasteiger partial charge on any atom is -0.497 e. The van der Waals surface area contributed by atoms with Gasteiger partial charge in [-0.3, -0.25) is 4.79 Å². The largest absolute Gasteiger partial charge is 0.497 e. The normalized spacial score (nSPS) is 17.8. The van der Waals surface area contributed by atoms with Gasteiger partial charge >= 0.3 is 0 Å². The number of benzene rings is 1. The molecule has 0 bridgehead atoms. The zero-order valence-electron chi connectivity index (χ0n) is 12.8. The fraction of sp³-hybridized carbons (Fsp3) is 0.294. The maximum Gasteiger partial charge on any atom is 0.257 e. The number of hydrogen-bond acceptors (Lipinski definition) is 4. The first-order valence-electron chi connectivity index (χ1n) is 7.41. The van der Waals surface area contributed by atoms with E-state index in [2.05, 4.69) is 4.98 Å². The third kappa shape index (κ3) is 3.43. The molecule has 6 heteroatoms. The molecule has 0 radical (unpaired) electrons. The molecule has 0 aliphatic carbocycles. The van der Waals surface area contributed by atoms with Crippen molar-refractivity contribution in [1.29, 1.82) is 0 Å². The molecule has 1 fully saturated rings. The molecule has 1 aromatic heterocycles. The molecule has 120 valence electrons. The molecule has 2 heterocycles. The summed E-state index contributed by atoms with van der Waals surface area (Å²) in [4.78, 5) is 17.4. The minimum atomic E-state index is -0.163. The Labute approximate surface area is 139 Å². The average Bonchev–Trinajstić information content (AvgIpc) is 2.62. The van der Waals surface area contributed by atoms with E-state index in [1.807, 2.05) is 24.3 Å². The van der Waals surface area contributed by atoms with Crippen molar-refractivity contribution in [2.75, 3.05) is 26.8 Å². The number of pyridine rings is 1. The van der Waals surface area contributed by atoms with Crippen molar-refractivity contribution in [3.8, 4) is 5.75 Å². The number of nitrogens with one attached hydrogen (secondary N) is 1. The van der Waals surface area contributed by atoms with Crippen LogP contribution in [0.2, 0.25) is 0 Å². The quantitative estimate of drug-likeness (QED) is 0.879. The molecular formula is C17H18N2O3S. The van der Waals surface area contributed by atoms with Gasteiger partial charge in [-0.25, -0.2) is 0 Å². The van der Waals surface area contributed by atoms with Gasteiger partial charge < -0.3 is 19.4 Å². The van der Waals surface area contributed by atoms with E-state index in [4.69, 9.17) is 21.7 Å². The number of aromatic nitrogens is 1. The van der Waals surface area contributed by atoms with Crippen LogP contribution in [0.1, 0.15) is 22.0 Å². The molecule has 2 aromatic rings. The summed E-state index contributed by atoms with van der Waals surface area (Å²) < 4.78 is 11.5. The van der Waals surface area contributed by atoms with Crippen LogP contribution in [0.4, 0.5) is 0 Å². The standard InChI is InChI=1S/C17H18N2O3S/c1-21-13-5-2-4-12(10-13)15-11-19(8-9-22-15)17(20)14-6-3-7-18-16(14)23/h2-7,10,15H,8-9,11H2,1H3,(H,18,23)/t15-/m1/s1. The van der Waals surface area contributed by atoms with Gasteiger partial charge in [0.25, 0.3) is 5.91 Å². The van der Waals surface area contributed by atoms with Gasteiger partial charge in [0, 0.05) is 12.7 Å². The van der Waals surface area contributed by atoms with Gasteiger partial charge in [0.15, 0.2) is 0 Å². The van der Waals surface area contributed by atoms with Crippen molar-refractivity contribution in [3.05, 3.63) is 58.4 Å². The number of ether oxygens (including phenoxy) is 2. The fourth-order valence-electron chi connectivity index (χ4n) is 2.64. The second kappa shape index (κ2) is 6.93. The van der Waals surface area contributed by atoms with Crippen LogP contribution < -0.4 is 4.74 Å². The van der Waals surface area contributed by atoms with Gasteiger partial charge in [-0.2, -0.15) is 0 Å². The molecule has 1 atom stereocenters. The summed E-state index contributed by atoms with van der Waals surface area (Å²) in [5.41, 5.74) is 1.52. The molecule has 0 saturated carbocycles. The first kappa shape index (κ1) is 15.7. The molecule has 0 unspecified atom stereocenters. The Kier molecular flexibility index (Phi) is 4.73. The van der Waals surface area contributed by atoms with Crippen LogP contribution in [0.15, 0.2) is 42.6 Å². The predicted molar refractivity (Wildman–Crippen MR) is 89.2 cm³/mol. The van der Waals surface area contributed by atoms with Crippen molar-refractivity contribution >= 4 is 18.1 Å². The minimum absolute atomic E-state index is 0.0666. The third-order valence-electron chi connectivity index (χ3n) is 3.87. The van der Waals surface area contributed by atoms with E-state index in [1.165, 1.54) is 0 Å². The molecule has 1 amide bonds. The van der Waals surface area contributed by atoms with E-state index in [1.54, 1.807) is 30.3 Å². The summed E-state index contributed by atoms with van der Waals surface area (Å²) in [6.07, 6.45) is 1.56. The van der Waals surface area contributed by atoms with Crippen molar-refractivity contribution in [1.82, 2.24) is 9.88 Å². The number of methoxy groups -OCH3 is 1. The van der Waals surface area contributed by atoms with Crippen molar-refractivity contribution in [3.63, 3.8) is 0 Å². The number of hydrogen-bond donors (Lipinski definition) is 1. The predicted octanol–water partition coefficient (Wildman–Crippen LogP) is 2.97. The lowest BCUT2D eigenvalue weighted by Gasteiger charge is -2.33. The summed E-state index contributed by atoms with van der Waals surface area (Å²) >= 11 is 5.20. The number of morpholine rings is 1. The van der Waals surface area contributed by atoms with Crippen LogP contribution in [-0.4, -0.2) is 42.6 Å². The Hall–Kier alpha value is -2.18. The first-order valence-corrected chi connectivity index (χ1v) is 7.82. The summed E-state index contributed by atoms with van der Waals surface area (Å²) in [7, 11) is 1.63. The van der Waals surface area contributed by atoms with Crippen molar-refractivity contribution in [2.24, 2.45) is 0 Å². The Balaban J connectivity index is 1.79. The maximum absolute atomic E-state index is 12.7. The van der Waals surface area contributed by atoms with Crippen LogP contribution in [0, 0.1) is 4.64 Å². The van der Waals surface area contributed by atoms with Crippen molar-refractivity contribution in [2.45, 2.75) is 6.10 Å². The summed E-state index contributed by atoms with van der Waals surface area (Å²) in [5.74, 6) is 0.711. The third-order valence-corrected chi connectivity index (χ3v) is 4.21. The Bertz CT molecular complexity index is 759. The molecule has 1 saturated heterocycles. The van der Waals surface area contributed by atoms with E-state index in [0.29, 0.717) is 29.9 Å². The van der Waals surface area contributed by atoms with E-state index < -0.39 is 0 Å². The zero-order chi connectivity index (χ0) is 16.2. The highest BCUT2D eigenvalue weighted by atomic mass is 32.1. The van der Waals surface area contributed by atoms with E-state index in [-0.39, 0.29) is 12.0 Å². The van der Waals surface area contributed by atoms with Crippen LogP contribution >= 0.6 is 12.2 Å². The van der Waals surface area contributed by atoms with Gasteiger partial charge in [-0.15, -0.1) is 0 Å². The Morgan fingerprint density at radius 2 is 2.26 bits per heavy atom. The molecule has 5 nitrogen and oxygen atoms in total. The number of rotatable bonds is 3. The van der Waals surface area contributed by atoms with Gasteiger partial charge in [0.2, 0.25) is 0 Å². The highest BCUT2D eigenvalue weighted by molar-refractivity contribution is 7.71. The Morgan fingerprint density at radius 1 is 1.39 bits per heavy atom. The summed E-state index contributed by atoms with van der Waals surface area (Å²) in [5, 5.41) is 0. The highest BCUT2D eigenvalue weighted by Crippen LogP contribution is 2.26. The maximum atomic E-state index is 12.7. The van der Waals surface area contributed by atoms with Crippen LogP contribution in [0.5, 0.6) is 5.75 Å². The Morgan fingerprint density at radius 3 is 3.04 bits per heavy atom. The number of nitrogens with zero attached hydrogens (tertiary/aromatic N) is 1. The summed E-state index contributed by atoms with van der Waals surface area (Å²) in [6.45, 7) is 1.55. The molecule has 1 N–H and O–H groups in total. The molecule has 1 aromatic carbocycles. The van der Waals surface area contributed by atoms with Crippen LogP contribution in [-0.2, 0) is 4.74 Å². The zero-order valence-corrected chi connectivity index (χ0v) is 13.6. The smallest absolute Gasteiger partial charge is 0.257 e. The topological polar surface area (TPSA) is 54.6 Å². The van der Waals surface area contributed by atoms with E-state index in [9.17, 15) is 4.79 Å². The van der Waals surface area contributed by atoms with Gasteiger partial charge in [-0.05, 0) is 29.8 Å². The molecule has 1 aliphatic rings. The monoisotopic (exact) mass is 330 g/mol. The van der Waals surface area contributed by atoms with Gasteiger partial charge in [-0.1, -0.05) is 24.4 Å². The lowest BCUT2D eigenvalue weighted by molar-refractivity contribution is -0.0229. The molecule has 1 aliphatic heterocycles. The molecular weight excluding hydrogens is 312 g/mol. The van der Waals surface area contributed by atoms with Crippen LogP contribution in [0.3, 0.4) is 0 Å². The second-order valence-electron chi connectivity index (χ2n) is 5.30. The number of aromatic amines is 1. The SMILES string of the molecule is COc1cccc([C@H]2CN(C(=O)c3ccc[nH]c3=S)CCO2)c1. The fourth-order valence-corrected chi connectivity index (χ4v) is 2.86. The van der Waals surface area contributed by atoms with E-state index >= 15 is 0 Å². The first-order chi connectivity index (χ1) is 11.2.